The molecule has 0 aliphatic rings. The quantitative estimate of drug-likeness (QED) is 0.576. The number of phenolic OH excluding ortho intramolecular Hbond substituents is 1. The molecular weight excluding hydrogens is 410 g/mol. The van der Waals surface area contributed by atoms with E-state index < -0.39 is 5.97 Å². The summed E-state index contributed by atoms with van der Waals surface area (Å²) in [6.07, 6.45) is 2.56. The van der Waals surface area contributed by atoms with Crippen LogP contribution in [0.3, 0.4) is 0 Å². The number of benzene rings is 1. The lowest BCUT2D eigenvalue weighted by Gasteiger charge is -2.01. The van der Waals surface area contributed by atoms with Crippen LogP contribution in [0, 0.1) is 7.14 Å². The first-order chi connectivity index (χ1) is 6.50. The summed E-state index contributed by atoms with van der Waals surface area (Å²) in [5.74, 6) is -0.748. The van der Waals surface area contributed by atoms with Crippen LogP contribution < -0.4 is 0 Å². The van der Waals surface area contributed by atoms with E-state index in [0.29, 0.717) is 7.14 Å². The zero-order valence-electron chi connectivity index (χ0n) is 6.87. The van der Waals surface area contributed by atoms with Crippen LogP contribution in [0.5, 0.6) is 5.75 Å². The number of carbonyl (C=O) groups is 1. The lowest BCUT2D eigenvalue weighted by molar-refractivity contribution is -0.131. The molecule has 0 amide bonds. The molecule has 0 aliphatic heterocycles. The third kappa shape index (κ3) is 3.12. The average molecular weight is 416 g/mol. The Bertz CT molecular complexity index is 376. The van der Waals surface area contributed by atoms with Crippen LogP contribution in [0.25, 0.3) is 6.08 Å². The van der Waals surface area contributed by atoms with Crippen molar-refractivity contribution in [1.82, 2.24) is 0 Å². The van der Waals surface area contributed by atoms with E-state index in [9.17, 15) is 9.90 Å². The fraction of sp³-hybridized carbons (Fsp3) is 0. The first kappa shape index (κ1) is 11.8. The normalized spacial score (nSPS) is 10.7. The smallest absolute Gasteiger partial charge is 0.328 e. The van der Waals surface area contributed by atoms with Crippen molar-refractivity contribution in [2.75, 3.05) is 0 Å². The molecule has 0 spiro atoms. The van der Waals surface area contributed by atoms with E-state index in [2.05, 4.69) is 0 Å². The summed E-state index contributed by atoms with van der Waals surface area (Å²) in [7, 11) is 0. The van der Waals surface area contributed by atoms with E-state index in [1.165, 1.54) is 6.08 Å². The molecule has 0 unspecified atom stereocenters. The molecule has 14 heavy (non-hydrogen) atoms. The predicted molar refractivity (Wildman–Crippen MR) is 70.2 cm³/mol. The molecule has 1 aromatic carbocycles. The van der Waals surface area contributed by atoms with E-state index in [-0.39, 0.29) is 5.75 Å². The predicted octanol–water partition coefficient (Wildman–Crippen LogP) is 2.70. The van der Waals surface area contributed by atoms with Gasteiger partial charge in [-0.25, -0.2) is 4.79 Å². The van der Waals surface area contributed by atoms with Crippen molar-refractivity contribution in [2.24, 2.45) is 0 Å². The highest BCUT2D eigenvalue weighted by molar-refractivity contribution is 14.1. The zero-order valence-corrected chi connectivity index (χ0v) is 11.2. The van der Waals surface area contributed by atoms with Crippen molar-refractivity contribution < 1.29 is 15.0 Å². The second-order valence-electron chi connectivity index (χ2n) is 2.50. The van der Waals surface area contributed by atoms with Crippen molar-refractivity contribution in [3.8, 4) is 5.75 Å². The molecule has 0 aromatic heterocycles. The minimum absolute atomic E-state index is 0.235. The Morgan fingerprint density at radius 2 is 1.79 bits per heavy atom. The summed E-state index contributed by atoms with van der Waals surface area (Å²) in [6.45, 7) is 0. The molecule has 0 atom stereocenters. The fourth-order valence-corrected chi connectivity index (χ4v) is 2.67. The van der Waals surface area contributed by atoms with E-state index in [0.717, 1.165) is 11.6 Å². The Balaban J connectivity index is 3.07. The highest BCUT2D eigenvalue weighted by atomic mass is 127. The molecule has 0 fully saturated rings. The van der Waals surface area contributed by atoms with Gasteiger partial charge in [0.05, 0.1) is 7.14 Å². The molecule has 3 nitrogen and oxygen atoms in total. The number of carboxylic acid groups (broad SMARTS) is 1. The van der Waals surface area contributed by atoms with Gasteiger partial charge < -0.3 is 10.2 Å². The topological polar surface area (TPSA) is 57.5 Å². The van der Waals surface area contributed by atoms with Gasteiger partial charge in [0, 0.05) is 6.08 Å². The Hall–Kier alpha value is -0.310. The highest BCUT2D eigenvalue weighted by Crippen LogP contribution is 2.27. The molecule has 0 heterocycles. The van der Waals surface area contributed by atoms with Gasteiger partial charge in [0.15, 0.2) is 0 Å². The molecule has 2 N–H and O–H groups in total. The molecule has 0 radical (unpaired) electrons. The number of halogens is 2. The van der Waals surface area contributed by atoms with Crippen LogP contribution in [-0.2, 0) is 4.79 Å². The Kier molecular flexibility index (Phi) is 4.17. The summed E-state index contributed by atoms with van der Waals surface area (Å²) in [5.41, 5.74) is 0.763. The van der Waals surface area contributed by atoms with E-state index in [1.807, 2.05) is 45.2 Å². The van der Waals surface area contributed by atoms with Crippen molar-refractivity contribution in [1.29, 1.82) is 0 Å². The van der Waals surface area contributed by atoms with Crippen molar-refractivity contribution in [3.05, 3.63) is 30.9 Å². The number of hydrogen-bond donors (Lipinski definition) is 2. The lowest BCUT2D eigenvalue weighted by atomic mass is 10.2. The Morgan fingerprint density at radius 3 is 2.21 bits per heavy atom. The number of phenols is 1. The number of aliphatic carboxylic acids is 1. The molecule has 0 bridgehead atoms. The molecule has 1 rings (SSSR count). The van der Waals surface area contributed by atoms with E-state index in [4.69, 9.17) is 5.11 Å². The van der Waals surface area contributed by atoms with Crippen LogP contribution in [-0.4, -0.2) is 16.2 Å². The van der Waals surface area contributed by atoms with Gasteiger partial charge in [0.2, 0.25) is 0 Å². The Morgan fingerprint density at radius 1 is 1.29 bits per heavy atom. The number of carboxylic acids is 1. The monoisotopic (exact) mass is 416 g/mol. The summed E-state index contributed by atoms with van der Waals surface area (Å²) < 4.78 is 1.42. The third-order valence-corrected chi connectivity index (χ3v) is 3.10. The van der Waals surface area contributed by atoms with E-state index >= 15 is 0 Å². The summed E-state index contributed by atoms with van der Waals surface area (Å²) in [4.78, 5) is 10.3. The number of hydrogen-bond acceptors (Lipinski definition) is 2. The molecule has 0 aliphatic carbocycles. The third-order valence-electron chi connectivity index (χ3n) is 1.46. The van der Waals surface area contributed by atoms with Crippen LogP contribution in [0.2, 0.25) is 0 Å². The zero-order chi connectivity index (χ0) is 10.7. The second kappa shape index (κ2) is 4.96. The second-order valence-corrected chi connectivity index (χ2v) is 4.83. The summed E-state index contributed by atoms with van der Waals surface area (Å²) in [6, 6.07) is 3.44. The van der Waals surface area contributed by atoms with Gasteiger partial charge in [-0.1, -0.05) is 0 Å². The minimum Gasteiger partial charge on any atom is -0.506 e. The lowest BCUT2D eigenvalue weighted by Crippen LogP contribution is -1.87. The summed E-state index contributed by atoms with van der Waals surface area (Å²) >= 11 is 3.99. The van der Waals surface area contributed by atoms with Gasteiger partial charge in [-0.2, -0.15) is 0 Å². The standard InChI is InChI=1S/C9H6I2O3/c10-6-3-5(1-2-8(12)13)4-7(11)9(6)14/h1-4,14H,(H,12,13)/b2-1+. The van der Waals surface area contributed by atoms with Gasteiger partial charge in [-0.15, -0.1) is 0 Å². The maximum absolute atomic E-state index is 10.3. The van der Waals surface area contributed by atoms with Crippen LogP contribution in [0.1, 0.15) is 5.56 Å². The molecule has 0 saturated heterocycles. The molecular formula is C9H6I2O3. The molecule has 5 heteroatoms. The van der Waals surface area contributed by atoms with Gasteiger partial charge in [-0.05, 0) is 69.0 Å². The van der Waals surface area contributed by atoms with Crippen molar-refractivity contribution >= 4 is 57.2 Å². The first-order valence-electron chi connectivity index (χ1n) is 3.59. The molecule has 74 valence electrons. The summed E-state index contributed by atoms with van der Waals surface area (Å²) in [5, 5.41) is 17.9. The average Bonchev–Trinajstić information content (AvgIpc) is 2.10. The first-order valence-corrected chi connectivity index (χ1v) is 5.75. The molecule has 1 aromatic rings. The minimum atomic E-state index is -0.983. The SMILES string of the molecule is O=C(O)/C=C/c1cc(I)c(O)c(I)c1. The fourth-order valence-electron chi connectivity index (χ4n) is 0.849. The van der Waals surface area contributed by atoms with Gasteiger partial charge in [0.1, 0.15) is 5.75 Å². The van der Waals surface area contributed by atoms with Crippen molar-refractivity contribution in [3.63, 3.8) is 0 Å². The van der Waals surface area contributed by atoms with Crippen molar-refractivity contribution in [2.45, 2.75) is 0 Å². The van der Waals surface area contributed by atoms with Gasteiger partial charge >= 0.3 is 5.97 Å². The number of aromatic hydroxyl groups is 1. The van der Waals surface area contributed by atoms with Crippen LogP contribution >= 0.6 is 45.2 Å². The Labute approximate surface area is 108 Å². The van der Waals surface area contributed by atoms with Crippen LogP contribution in [0.15, 0.2) is 18.2 Å². The highest BCUT2D eigenvalue weighted by Gasteiger charge is 2.03. The molecule has 0 saturated carbocycles. The largest absolute Gasteiger partial charge is 0.506 e. The maximum Gasteiger partial charge on any atom is 0.328 e. The number of rotatable bonds is 2. The van der Waals surface area contributed by atoms with E-state index in [1.54, 1.807) is 12.1 Å². The van der Waals surface area contributed by atoms with Gasteiger partial charge in [-0.3, -0.25) is 0 Å². The van der Waals surface area contributed by atoms with Gasteiger partial charge in [0.25, 0.3) is 0 Å². The van der Waals surface area contributed by atoms with Crippen LogP contribution in [0.4, 0.5) is 0 Å². The maximum atomic E-state index is 10.3.